The Balaban J connectivity index is 1.47. The van der Waals surface area contributed by atoms with E-state index >= 15 is 0 Å². The molecule has 1 N–H and O–H groups in total. The Labute approximate surface area is 181 Å². The van der Waals surface area contributed by atoms with Crippen LogP contribution in [0.15, 0.2) is 36.4 Å². The second-order valence-electron chi connectivity index (χ2n) is 8.52. The Bertz CT molecular complexity index is 1160. The molecule has 1 amide bonds. The van der Waals surface area contributed by atoms with Crippen molar-refractivity contribution < 1.29 is 22.4 Å². The number of halogens is 4. The number of alkyl halides is 3. The number of fused-ring (bicyclic) bond motifs is 3. The monoisotopic (exact) mass is 447 g/mol. The second-order valence-corrected chi connectivity index (χ2v) is 8.52. The molecule has 2 bridgehead atoms. The molecule has 3 aromatic rings. The van der Waals surface area contributed by atoms with E-state index in [4.69, 9.17) is 0 Å². The van der Waals surface area contributed by atoms with E-state index < -0.39 is 23.6 Å². The van der Waals surface area contributed by atoms with Gasteiger partial charge in [-0.3, -0.25) is 4.79 Å². The summed E-state index contributed by atoms with van der Waals surface area (Å²) in [6.45, 7) is 0. The van der Waals surface area contributed by atoms with Crippen molar-refractivity contribution in [2.75, 3.05) is 7.05 Å². The molecule has 2 aliphatic rings. The molecular formula is C22H21F4N5O. The highest BCUT2D eigenvalue weighted by molar-refractivity contribution is 5.93. The fourth-order valence-corrected chi connectivity index (χ4v) is 4.84. The van der Waals surface area contributed by atoms with Crippen molar-refractivity contribution in [2.45, 2.75) is 50.0 Å². The summed E-state index contributed by atoms with van der Waals surface area (Å²) in [5.41, 5.74) is -0.937. The molecule has 32 heavy (non-hydrogen) atoms. The predicted molar refractivity (Wildman–Crippen MR) is 108 cm³/mol. The van der Waals surface area contributed by atoms with Crippen LogP contribution < -0.4 is 5.32 Å². The zero-order valence-corrected chi connectivity index (χ0v) is 17.2. The van der Waals surface area contributed by atoms with Crippen LogP contribution in [0.2, 0.25) is 0 Å². The number of nitrogens with zero attached hydrogens (tertiary/aromatic N) is 4. The summed E-state index contributed by atoms with van der Waals surface area (Å²) in [7, 11) is 2.09. The van der Waals surface area contributed by atoms with Gasteiger partial charge < -0.3 is 10.2 Å². The Morgan fingerprint density at radius 2 is 1.75 bits per heavy atom. The minimum Gasteiger partial charge on any atom is -0.348 e. The first-order valence-electron chi connectivity index (χ1n) is 10.5. The van der Waals surface area contributed by atoms with E-state index in [1.54, 1.807) is 0 Å². The topological polar surface area (TPSA) is 62.5 Å². The van der Waals surface area contributed by atoms with E-state index in [1.807, 2.05) is 0 Å². The van der Waals surface area contributed by atoms with E-state index in [9.17, 15) is 22.4 Å². The highest BCUT2D eigenvalue weighted by Crippen LogP contribution is 2.35. The summed E-state index contributed by atoms with van der Waals surface area (Å²) in [5, 5.41) is 6.85. The van der Waals surface area contributed by atoms with E-state index in [0.717, 1.165) is 43.9 Å². The summed E-state index contributed by atoms with van der Waals surface area (Å²) in [4.78, 5) is 19.4. The number of hydrogen-bond donors (Lipinski definition) is 1. The van der Waals surface area contributed by atoms with Crippen LogP contribution >= 0.6 is 0 Å². The van der Waals surface area contributed by atoms with Crippen LogP contribution in [0.5, 0.6) is 0 Å². The normalized spacial score (nSPS) is 23.6. The molecule has 0 radical (unpaired) electrons. The average molecular weight is 447 g/mol. The number of nitrogens with one attached hydrogen (secondary N) is 1. The highest BCUT2D eigenvalue weighted by atomic mass is 19.4. The predicted octanol–water partition coefficient (Wildman–Crippen LogP) is 3.91. The van der Waals surface area contributed by atoms with Gasteiger partial charge in [-0.1, -0.05) is 0 Å². The first-order valence-corrected chi connectivity index (χ1v) is 10.5. The lowest BCUT2D eigenvalue weighted by Gasteiger charge is -2.36. The van der Waals surface area contributed by atoms with Gasteiger partial charge in [0.2, 0.25) is 0 Å². The largest absolute Gasteiger partial charge is 0.433 e. The number of carbonyl (C=O) groups excluding carboxylic acids is 1. The van der Waals surface area contributed by atoms with Crippen molar-refractivity contribution in [1.82, 2.24) is 24.8 Å². The molecule has 0 saturated carbocycles. The van der Waals surface area contributed by atoms with Crippen molar-refractivity contribution in [1.29, 1.82) is 0 Å². The first kappa shape index (κ1) is 20.9. The molecule has 1 aromatic carbocycles. The van der Waals surface area contributed by atoms with Gasteiger partial charge in [-0.25, -0.2) is 13.9 Å². The molecule has 5 rings (SSSR count). The van der Waals surface area contributed by atoms with E-state index in [2.05, 4.69) is 27.3 Å². The Kier molecular flexibility index (Phi) is 4.92. The average Bonchev–Trinajstić information content (AvgIpc) is 3.24. The maximum Gasteiger partial charge on any atom is 0.433 e. The third kappa shape index (κ3) is 3.72. The molecule has 2 aromatic heterocycles. The molecule has 2 saturated heterocycles. The van der Waals surface area contributed by atoms with Gasteiger partial charge in [0.1, 0.15) is 5.82 Å². The minimum absolute atomic E-state index is 0.0172. The van der Waals surface area contributed by atoms with Gasteiger partial charge >= 0.3 is 6.18 Å². The van der Waals surface area contributed by atoms with Gasteiger partial charge in [0.15, 0.2) is 17.0 Å². The second kappa shape index (κ2) is 7.54. The van der Waals surface area contributed by atoms with Crippen molar-refractivity contribution in [3.8, 4) is 11.3 Å². The number of carbonyl (C=O) groups is 1. The molecule has 2 aliphatic heterocycles. The minimum atomic E-state index is -4.72. The summed E-state index contributed by atoms with van der Waals surface area (Å²) in [5.74, 6) is -1.02. The Morgan fingerprint density at radius 1 is 1.09 bits per heavy atom. The lowest BCUT2D eigenvalue weighted by atomic mass is 9.98. The lowest BCUT2D eigenvalue weighted by Crippen LogP contribution is -2.48. The summed E-state index contributed by atoms with van der Waals surface area (Å²) in [6.07, 6.45) is -0.914. The van der Waals surface area contributed by atoms with Crippen LogP contribution in [0, 0.1) is 5.82 Å². The molecule has 2 fully saturated rings. The van der Waals surface area contributed by atoms with Gasteiger partial charge in [-0.05, 0) is 63.1 Å². The van der Waals surface area contributed by atoms with Crippen molar-refractivity contribution >= 4 is 11.6 Å². The van der Waals surface area contributed by atoms with Crippen LogP contribution in [-0.2, 0) is 6.18 Å². The van der Waals surface area contributed by atoms with Crippen molar-refractivity contribution in [3.63, 3.8) is 0 Å². The molecule has 0 aliphatic carbocycles. The zero-order chi connectivity index (χ0) is 22.6. The van der Waals surface area contributed by atoms with E-state index in [0.29, 0.717) is 22.2 Å². The third-order valence-corrected chi connectivity index (χ3v) is 6.52. The van der Waals surface area contributed by atoms with Crippen LogP contribution in [0.1, 0.15) is 41.9 Å². The van der Waals surface area contributed by atoms with Gasteiger partial charge in [-0.15, -0.1) is 0 Å². The molecule has 4 heterocycles. The SMILES string of the molecule is CN1C2CCC1CC(NC(=O)c1cc3nc(-c4ccc(F)cc4)cc(C(F)(F)F)n3n1)C2. The van der Waals surface area contributed by atoms with Crippen LogP contribution in [0.3, 0.4) is 0 Å². The maximum atomic E-state index is 13.7. The zero-order valence-electron chi connectivity index (χ0n) is 17.2. The molecule has 10 heteroatoms. The summed E-state index contributed by atoms with van der Waals surface area (Å²) in [6, 6.07) is 7.90. The maximum absolute atomic E-state index is 13.7. The molecular weight excluding hydrogens is 426 g/mol. The standard InChI is InChI=1S/C22H21F4N5O/c1-30-15-6-7-16(30)9-14(8-15)27-21(32)18-11-20-28-17(12-2-4-13(23)5-3-12)10-19(22(24,25)26)31(20)29-18/h2-5,10-11,14-16H,6-9H2,1H3,(H,27,32). The molecule has 2 atom stereocenters. The van der Waals surface area contributed by atoms with Crippen molar-refractivity contribution in [3.05, 3.63) is 53.6 Å². The smallest absolute Gasteiger partial charge is 0.348 e. The van der Waals surface area contributed by atoms with Crippen LogP contribution in [-0.4, -0.2) is 50.6 Å². The van der Waals surface area contributed by atoms with Gasteiger partial charge in [0, 0.05) is 29.8 Å². The fraction of sp³-hybridized carbons (Fsp3) is 0.409. The quantitative estimate of drug-likeness (QED) is 0.619. The number of rotatable bonds is 3. The highest BCUT2D eigenvalue weighted by Gasteiger charge is 2.39. The number of hydrogen-bond acceptors (Lipinski definition) is 4. The molecule has 2 unspecified atom stereocenters. The summed E-state index contributed by atoms with van der Waals surface area (Å²) >= 11 is 0. The Morgan fingerprint density at radius 3 is 2.38 bits per heavy atom. The number of piperidine rings is 1. The van der Waals surface area contributed by atoms with Crippen molar-refractivity contribution in [2.24, 2.45) is 0 Å². The van der Waals surface area contributed by atoms with Crippen LogP contribution in [0.25, 0.3) is 16.9 Å². The van der Waals surface area contributed by atoms with Gasteiger partial charge in [-0.2, -0.15) is 18.3 Å². The molecule has 0 spiro atoms. The van der Waals surface area contributed by atoms with Gasteiger partial charge in [0.25, 0.3) is 5.91 Å². The number of aromatic nitrogens is 3. The fourth-order valence-electron chi connectivity index (χ4n) is 4.84. The third-order valence-electron chi connectivity index (χ3n) is 6.52. The van der Waals surface area contributed by atoms with E-state index in [1.165, 1.54) is 18.2 Å². The molecule has 6 nitrogen and oxygen atoms in total. The Hall–Kier alpha value is -3.01. The molecule has 168 valence electrons. The first-order chi connectivity index (χ1) is 15.2. The number of benzene rings is 1. The lowest BCUT2D eigenvalue weighted by molar-refractivity contribution is -0.142. The van der Waals surface area contributed by atoms with Crippen LogP contribution in [0.4, 0.5) is 17.6 Å². The number of amides is 1. The van der Waals surface area contributed by atoms with Gasteiger partial charge in [0.05, 0.1) is 5.69 Å². The summed E-state index contributed by atoms with van der Waals surface area (Å²) < 4.78 is 55.1. The van der Waals surface area contributed by atoms with E-state index in [-0.39, 0.29) is 23.1 Å².